The van der Waals surface area contributed by atoms with Gasteiger partial charge in [0.05, 0.1) is 4.90 Å². The summed E-state index contributed by atoms with van der Waals surface area (Å²) < 4.78 is 32.1. The largest absolute Gasteiger partial charge is 0.457 e. The Morgan fingerprint density at radius 1 is 1.12 bits per heavy atom. The molecule has 0 fully saturated rings. The van der Waals surface area contributed by atoms with Crippen LogP contribution in [0.2, 0.25) is 0 Å². The lowest BCUT2D eigenvalue weighted by Gasteiger charge is -2.28. The Morgan fingerprint density at radius 2 is 1.65 bits per heavy atom. The van der Waals surface area contributed by atoms with Crippen LogP contribution < -0.4 is 10.2 Å². The van der Waals surface area contributed by atoms with Gasteiger partial charge in [-0.2, -0.15) is 4.31 Å². The molecule has 2 N–H and O–H groups in total. The Morgan fingerprint density at radius 3 is 2.15 bits per heavy atom. The van der Waals surface area contributed by atoms with E-state index in [-0.39, 0.29) is 10.8 Å². The van der Waals surface area contributed by atoms with E-state index in [0.717, 1.165) is 4.31 Å². The predicted octanol–water partition coefficient (Wildman–Crippen LogP) is 2.02. The van der Waals surface area contributed by atoms with Gasteiger partial charge in [-0.15, -0.1) is 0 Å². The fraction of sp³-hybridized carbons (Fsp3) is 0.294. The van der Waals surface area contributed by atoms with Crippen molar-refractivity contribution in [3.8, 4) is 11.5 Å². The predicted molar refractivity (Wildman–Crippen MR) is 94.3 cm³/mol. The van der Waals surface area contributed by atoms with Crippen molar-refractivity contribution in [3.63, 3.8) is 0 Å². The number of nitrogens with one attached hydrogen (secondary N) is 1. The summed E-state index contributed by atoms with van der Waals surface area (Å²) >= 11 is 0. The molecule has 0 radical (unpaired) electrons. The van der Waals surface area contributed by atoms with Crippen molar-refractivity contribution in [3.05, 3.63) is 48.8 Å². The number of carbonyl (C=O) groups is 1. The van der Waals surface area contributed by atoms with Crippen LogP contribution in [0.5, 0.6) is 11.5 Å². The molecule has 0 saturated carbocycles. The number of carbonyl (C=O) groups excluding carboxylic acids is 1. The molecule has 2 aromatic rings. The van der Waals surface area contributed by atoms with Crippen LogP contribution in [-0.2, 0) is 14.8 Å². The van der Waals surface area contributed by atoms with Gasteiger partial charge >= 0.3 is 0 Å². The van der Waals surface area contributed by atoms with E-state index in [1.807, 2.05) is 0 Å². The van der Waals surface area contributed by atoms with Gasteiger partial charge in [0.1, 0.15) is 17.5 Å². The zero-order chi connectivity index (χ0) is 19.3. The van der Waals surface area contributed by atoms with E-state index in [2.05, 4.69) is 4.98 Å². The van der Waals surface area contributed by atoms with Gasteiger partial charge in [0, 0.05) is 19.4 Å². The first-order chi connectivity index (χ1) is 12.3. The average Bonchev–Trinajstić information content (AvgIpc) is 2.62. The minimum Gasteiger partial charge on any atom is -0.457 e. The molecule has 0 saturated heterocycles. The Labute approximate surface area is 152 Å². The zero-order valence-corrected chi connectivity index (χ0v) is 15.5. The van der Waals surface area contributed by atoms with Gasteiger partial charge < -0.3 is 4.74 Å². The number of hydrogen-bond donors (Lipinski definition) is 2. The summed E-state index contributed by atoms with van der Waals surface area (Å²) in [5.74, 6) is -0.0848. The second-order valence-corrected chi connectivity index (χ2v) is 7.94. The highest BCUT2D eigenvalue weighted by molar-refractivity contribution is 7.89. The maximum absolute atomic E-state index is 12.8. The Kier molecular flexibility index (Phi) is 6.30. The first-order valence-corrected chi connectivity index (χ1v) is 9.31. The van der Waals surface area contributed by atoms with Gasteiger partial charge in [-0.05, 0) is 42.3 Å². The van der Waals surface area contributed by atoms with Crippen LogP contribution in [-0.4, -0.2) is 41.9 Å². The van der Waals surface area contributed by atoms with E-state index in [0.29, 0.717) is 11.5 Å². The molecule has 26 heavy (non-hydrogen) atoms. The van der Waals surface area contributed by atoms with Crippen LogP contribution >= 0.6 is 0 Å². The molecule has 2 rings (SSSR count). The SMILES string of the molecule is CC(C)[C@H](C(=O)NO)N(C)S(=O)(=O)c1ccc(Oc2ccncc2)cc1. The Bertz CT molecular complexity index is 838. The lowest BCUT2D eigenvalue weighted by atomic mass is 10.0. The third-order valence-electron chi connectivity index (χ3n) is 3.79. The molecule has 8 nitrogen and oxygen atoms in total. The highest BCUT2D eigenvalue weighted by Gasteiger charge is 2.34. The van der Waals surface area contributed by atoms with Gasteiger partial charge in [0.25, 0.3) is 5.91 Å². The first kappa shape index (κ1) is 19.8. The molecule has 1 heterocycles. The van der Waals surface area contributed by atoms with Crippen molar-refractivity contribution >= 4 is 15.9 Å². The quantitative estimate of drug-likeness (QED) is 0.563. The minimum atomic E-state index is -3.93. The molecule has 1 atom stereocenters. The maximum atomic E-state index is 12.8. The zero-order valence-electron chi connectivity index (χ0n) is 14.7. The van der Waals surface area contributed by atoms with Crippen LogP contribution in [0.3, 0.4) is 0 Å². The van der Waals surface area contributed by atoms with Gasteiger partial charge in [-0.3, -0.25) is 15.0 Å². The van der Waals surface area contributed by atoms with E-state index in [4.69, 9.17) is 9.94 Å². The third kappa shape index (κ3) is 4.37. The van der Waals surface area contributed by atoms with Crippen molar-refractivity contribution in [1.29, 1.82) is 0 Å². The monoisotopic (exact) mass is 379 g/mol. The molecule has 1 aromatic heterocycles. The van der Waals surface area contributed by atoms with E-state index in [1.54, 1.807) is 38.4 Å². The Balaban J connectivity index is 2.24. The molecule has 0 bridgehead atoms. The number of hydrogen-bond acceptors (Lipinski definition) is 6. The highest BCUT2D eigenvalue weighted by atomic mass is 32.2. The fourth-order valence-corrected chi connectivity index (χ4v) is 3.94. The summed E-state index contributed by atoms with van der Waals surface area (Å²) in [4.78, 5) is 15.7. The molecule has 0 aliphatic rings. The summed E-state index contributed by atoms with van der Waals surface area (Å²) in [5.41, 5.74) is 1.52. The van der Waals surface area contributed by atoms with E-state index in [9.17, 15) is 13.2 Å². The second-order valence-electron chi connectivity index (χ2n) is 5.94. The summed E-state index contributed by atoms with van der Waals surface area (Å²) in [6.45, 7) is 3.38. The number of hydroxylamine groups is 1. The molecule has 1 aromatic carbocycles. The second kappa shape index (κ2) is 8.26. The van der Waals surface area contributed by atoms with Crippen molar-refractivity contribution in [1.82, 2.24) is 14.8 Å². The van der Waals surface area contributed by atoms with Crippen LogP contribution in [0.15, 0.2) is 53.7 Å². The number of aromatic nitrogens is 1. The number of sulfonamides is 1. The average molecular weight is 379 g/mol. The van der Waals surface area contributed by atoms with Crippen molar-refractivity contribution in [2.75, 3.05) is 7.05 Å². The van der Waals surface area contributed by atoms with E-state index >= 15 is 0 Å². The molecule has 0 unspecified atom stereocenters. The lowest BCUT2D eigenvalue weighted by Crippen LogP contribution is -2.49. The molecule has 1 amide bonds. The summed E-state index contributed by atoms with van der Waals surface area (Å²) in [5, 5.41) is 8.87. The van der Waals surface area contributed by atoms with Gasteiger partial charge in [-0.1, -0.05) is 13.8 Å². The third-order valence-corrected chi connectivity index (χ3v) is 5.64. The van der Waals surface area contributed by atoms with Gasteiger partial charge in [0.2, 0.25) is 10.0 Å². The molecule has 0 spiro atoms. The number of nitrogens with zero attached hydrogens (tertiary/aromatic N) is 2. The fourth-order valence-electron chi connectivity index (χ4n) is 2.49. The normalized spacial score (nSPS) is 12.8. The van der Waals surface area contributed by atoms with Gasteiger partial charge in [0.15, 0.2) is 0 Å². The van der Waals surface area contributed by atoms with Gasteiger partial charge in [-0.25, -0.2) is 13.9 Å². The molecule has 140 valence electrons. The standard InChI is InChI=1S/C17H21N3O5S/c1-12(2)16(17(21)19-22)20(3)26(23,24)15-6-4-13(5-7-15)25-14-8-10-18-11-9-14/h4-12,16,22H,1-3H3,(H,19,21)/t16-/m1/s1. The summed E-state index contributed by atoms with van der Waals surface area (Å²) in [7, 11) is -2.63. The number of rotatable bonds is 7. The number of pyridine rings is 1. The van der Waals surface area contributed by atoms with Crippen molar-refractivity contribution in [2.45, 2.75) is 24.8 Å². The molecule has 9 heteroatoms. The lowest BCUT2D eigenvalue weighted by molar-refractivity contribution is -0.134. The summed E-state index contributed by atoms with van der Waals surface area (Å²) in [6.07, 6.45) is 3.17. The van der Waals surface area contributed by atoms with Crippen molar-refractivity contribution < 1.29 is 23.2 Å². The summed E-state index contributed by atoms with van der Waals surface area (Å²) in [6, 6.07) is 8.17. The van der Waals surface area contributed by atoms with Crippen LogP contribution in [0.4, 0.5) is 0 Å². The smallest absolute Gasteiger partial charge is 0.262 e. The minimum absolute atomic E-state index is 0.0125. The Hall–Kier alpha value is -2.49. The first-order valence-electron chi connectivity index (χ1n) is 7.87. The van der Waals surface area contributed by atoms with E-state index in [1.165, 1.54) is 36.8 Å². The number of amides is 1. The van der Waals surface area contributed by atoms with Crippen LogP contribution in [0.1, 0.15) is 13.8 Å². The topological polar surface area (TPSA) is 109 Å². The molecular weight excluding hydrogens is 358 g/mol. The van der Waals surface area contributed by atoms with Crippen molar-refractivity contribution in [2.24, 2.45) is 5.92 Å². The van der Waals surface area contributed by atoms with E-state index < -0.39 is 22.0 Å². The van der Waals surface area contributed by atoms with Crippen LogP contribution in [0, 0.1) is 5.92 Å². The highest BCUT2D eigenvalue weighted by Crippen LogP contribution is 2.25. The number of ether oxygens (including phenoxy) is 1. The molecule has 0 aliphatic carbocycles. The maximum Gasteiger partial charge on any atom is 0.262 e. The number of benzene rings is 1. The van der Waals surface area contributed by atoms with Crippen LogP contribution in [0.25, 0.3) is 0 Å². The molecule has 0 aliphatic heterocycles. The molecular formula is C17H21N3O5S. The number of likely N-dealkylation sites (N-methyl/N-ethyl adjacent to an activating group) is 1.